The van der Waals surface area contributed by atoms with Gasteiger partial charge in [-0.2, -0.15) is 5.10 Å². The lowest BCUT2D eigenvalue weighted by molar-refractivity contribution is 0.224. The molecule has 24 heavy (non-hydrogen) atoms. The minimum Gasteiger partial charge on any atom is -0.334 e. The molecule has 0 spiro atoms. The van der Waals surface area contributed by atoms with Gasteiger partial charge in [0.2, 0.25) is 0 Å². The minimum atomic E-state index is -0.0185. The number of urea groups is 1. The maximum absolute atomic E-state index is 12.4. The molecule has 2 N–H and O–H groups in total. The van der Waals surface area contributed by atoms with Gasteiger partial charge in [-0.3, -0.25) is 9.58 Å². The van der Waals surface area contributed by atoms with E-state index in [4.69, 9.17) is 0 Å². The molecule has 1 aliphatic heterocycles. The number of aryl methyl sites for hydroxylation is 1. The van der Waals surface area contributed by atoms with Crippen molar-refractivity contribution in [3.63, 3.8) is 0 Å². The second-order valence-electron chi connectivity index (χ2n) is 7.65. The lowest BCUT2D eigenvalue weighted by atomic mass is 9.93. The molecule has 1 aromatic rings. The summed E-state index contributed by atoms with van der Waals surface area (Å²) in [5, 5.41) is 10.7. The van der Waals surface area contributed by atoms with Crippen LogP contribution < -0.4 is 10.6 Å². The fourth-order valence-corrected chi connectivity index (χ4v) is 4.75. The molecule has 6 nitrogen and oxygen atoms in total. The van der Waals surface area contributed by atoms with Gasteiger partial charge in [-0.15, -0.1) is 0 Å². The molecular formula is C18H29N5O. The Morgan fingerprint density at radius 1 is 1.17 bits per heavy atom. The summed E-state index contributed by atoms with van der Waals surface area (Å²) >= 11 is 0. The predicted octanol–water partition coefficient (Wildman–Crippen LogP) is 2.11. The van der Waals surface area contributed by atoms with E-state index in [2.05, 4.69) is 20.6 Å². The average Bonchev–Trinajstić information content (AvgIpc) is 3.29. The molecule has 2 heterocycles. The molecule has 1 aromatic heterocycles. The lowest BCUT2D eigenvalue weighted by Gasteiger charge is -2.26. The second kappa shape index (κ2) is 6.75. The number of carbonyl (C=O) groups is 1. The van der Waals surface area contributed by atoms with Crippen LogP contribution in [0.15, 0.2) is 6.20 Å². The highest BCUT2D eigenvalue weighted by molar-refractivity contribution is 5.75. The maximum atomic E-state index is 12.4. The molecule has 2 amide bonds. The SMILES string of the molecule is Cn1ncc2c1CCC[C@@H]2NC(=O)N[C@@H]1CCN(C2CCCC2)C1. The minimum absolute atomic E-state index is 0.0185. The second-order valence-corrected chi connectivity index (χ2v) is 7.65. The zero-order chi connectivity index (χ0) is 16.5. The Bertz CT molecular complexity index is 592. The smallest absolute Gasteiger partial charge is 0.315 e. The summed E-state index contributed by atoms with van der Waals surface area (Å²) in [6.07, 6.45) is 11.6. The molecule has 1 saturated heterocycles. The highest BCUT2D eigenvalue weighted by Crippen LogP contribution is 2.29. The lowest BCUT2D eigenvalue weighted by Crippen LogP contribution is -2.45. The van der Waals surface area contributed by atoms with Crippen LogP contribution in [0.25, 0.3) is 0 Å². The molecular weight excluding hydrogens is 302 g/mol. The first-order valence-electron chi connectivity index (χ1n) is 9.52. The average molecular weight is 331 g/mol. The van der Waals surface area contributed by atoms with E-state index in [0.717, 1.165) is 44.8 Å². The summed E-state index contributed by atoms with van der Waals surface area (Å²) in [5.41, 5.74) is 2.46. The third kappa shape index (κ3) is 3.16. The molecule has 0 aromatic carbocycles. The van der Waals surface area contributed by atoms with Gasteiger partial charge in [0.05, 0.1) is 12.2 Å². The molecule has 1 saturated carbocycles. The van der Waals surface area contributed by atoms with Crippen LogP contribution in [0, 0.1) is 0 Å². The number of aromatic nitrogens is 2. The van der Waals surface area contributed by atoms with E-state index in [9.17, 15) is 4.79 Å². The summed E-state index contributed by atoms with van der Waals surface area (Å²) in [4.78, 5) is 15.0. The number of amides is 2. The predicted molar refractivity (Wildman–Crippen MR) is 92.8 cm³/mol. The summed E-state index contributed by atoms with van der Waals surface area (Å²) < 4.78 is 1.94. The fraction of sp³-hybridized carbons (Fsp3) is 0.778. The van der Waals surface area contributed by atoms with Crippen LogP contribution in [0.5, 0.6) is 0 Å². The Hall–Kier alpha value is -1.56. The number of rotatable bonds is 3. The Morgan fingerprint density at radius 3 is 2.83 bits per heavy atom. The van der Waals surface area contributed by atoms with E-state index >= 15 is 0 Å². The van der Waals surface area contributed by atoms with Crippen molar-refractivity contribution < 1.29 is 4.79 Å². The van der Waals surface area contributed by atoms with Crippen LogP contribution in [0.2, 0.25) is 0 Å². The third-order valence-electron chi connectivity index (χ3n) is 6.08. The van der Waals surface area contributed by atoms with E-state index in [1.165, 1.54) is 36.9 Å². The van der Waals surface area contributed by atoms with Crippen molar-refractivity contribution in [1.82, 2.24) is 25.3 Å². The van der Waals surface area contributed by atoms with Crippen molar-refractivity contribution in [2.45, 2.75) is 69.5 Å². The topological polar surface area (TPSA) is 62.2 Å². The molecule has 132 valence electrons. The summed E-state index contributed by atoms with van der Waals surface area (Å²) in [7, 11) is 1.98. The van der Waals surface area contributed by atoms with Gasteiger partial charge in [0.15, 0.2) is 0 Å². The molecule has 0 unspecified atom stereocenters. The van der Waals surface area contributed by atoms with Crippen molar-refractivity contribution in [1.29, 1.82) is 0 Å². The Labute approximate surface area is 144 Å². The molecule has 6 heteroatoms. The van der Waals surface area contributed by atoms with E-state index in [-0.39, 0.29) is 12.1 Å². The number of carbonyl (C=O) groups excluding carboxylic acids is 1. The Morgan fingerprint density at radius 2 is 2.00 bits per heavy atom. The normalized spacial score (nSPS) is 28.0. The summed E-state index contributed by atoms with van der Waals surface area (Å²) in [6.45, 7) is 2.15. The molecule has 0 radical (unpaired) electrons. The van der Waals surface area contributed by atoms with E-state index in [1.807, 2.05) is 17.9 Å². The van der Waals surface area contributed by atoms with E-state index < -0.39 is 0 Å². The van der Waals surface area contributed by atoms with Crippen molar-refractivity contribution in [3.05, 3.63) is 17.5 Å². The third-order valence-corrected chi connectivity index (χ3v) is 6.08. The number of likely N-dealkylation sites (tertiary alicyclic amines) is 1. The van der Waals surface area contributed by atoms with Crippen LogP contribution in [-0.2, 0) is 13.5 Å². The first kappa shape index (κ1) is 15.9. The molecule has 0 bridgehead atoms. The molecule has 4 rings (SSSR count). The van der Waals surface area contributed by atoms with Crippen molar-refractivity contribution in [3.8, 4) is 0 Å². The van der Waals surface area contributed by atoms with Crippen LogP contribution >= 0.6 is 0 Å². The van der Waals surface area contributed by atoms with Crippen LogP contribution in [0.4, 0.5) is 4.79 Å². The van der Waals surface area contributed by atoms with Crippen LogP contribution in [-0.4, -0.2) is 45.9 Å². The standard InChI is InChI=1S/C18H29N5O/c1-22-17-8-4-7-16(15(17)11-19-22)21-18(24)20-13-9-10-23(12-13)14-5-2-3-6-14/h11,13-14,16H,2-10,12H2,1H3,(H2,20,21,24)/t13-,16+/m1/s1. The van der Waals surface area contributed by atoms with Gasteiger partial charge in [-0.05, 0) is 38.5 Å². The highest BCUT2D eigenvalue weighted by Gasteiger charge is 2.31. The van der Waals surface area contributed by atoms with Gasteiger partial charge in [0.25, 0.3) is 0 Å². The number of fused-ring (bicyclic) bond motifs is 1. The number of hydrogen-bond donors (Lipinski definition) is 2. The Kier molecular flexibility index (Phi) is 4.48. The quantitative estimate of drug-likeness (QED) is 0.892. The maximum Gasteiger partial charge on any atom is 0.315 e. The van der Waals surface area contributed by atoms with Crippen LogP contribution in [0.1, 0.15) is 62.2 Å². The monoisotopic (exact) mass is 331 g/mol. The summed E-state index contributed by atoms with van der Waals surface area (Å²) in [6, 6.07) is 1.14. The van der Waals surface area contributed by atoms with E-state index in [0.29, 0.717) is 6.04 Å². The van der Waals surface area contributed by atoms with Gasteiger partial charge >= 0.3 is 6.03 Å². The van der Waals surface area contributed by atoms with Gasteiger partial charge in [-0.25, -0.2) is 4.79 Å². The van der Waals surface area contributed by atoms with Crippen LogP contribution in [0.3, 0.4) is 0 Å². The van der Waals surface area contributed by atoms with Gasteiger partial charge in [0.1, 0.15) is 0 Å². The molecule has 2 aliphatic carbocycles. The van der Waals surface area contributed by atoms with Gasteiger partial charge < -0.3 is 10.6 Å². The fourth-order valence-electron chi connectivity index (χ4n) is 4.75. The van der Waals surface area contributed by atoms with Crippen molar-refractivity contribution >= 4 is 6.03 Å². The Balaban J connectivity index is 1.30. The van der Waals surface area contributed by atoms with Crippen molar-refractivity contribution in [2.75, 3.05) is 13.1 Å². The first-order valence-corrected chi connectivity index (χ1v) is 9.52. The number of nitrogens with one attached hydrogen (secondary N) is 2. The summed E-state index contributed by atoms with van der Waals surface area (Å²) in [5.74, 6) is 0. The van der Waals surface area contributed by atoms with Gasteiger partial charge in [-0.1, -0.05) is 12.8 Å². The first-order chi connectivity index (χ1) is 11.7. The number of nitrogens with zero attached hydrogens (tertiary/aromatic N) is 3. The van der Waals surface area contributed by atoms with E-state index in [1.54, 1.807) is 0 Å². The highest BCUT2D eigenvalue weighted by atomic mass is 16.2. The number of hydrogen-bond acceptors (Lipinski definition) is 3. The molecule has 2 fully saturated rings. The molecule has 3 aliphatic rings. The zero-order valence-corrected chi connectivity index (χ0v) is 14.6. The van der Waals surface area contributed by atoms with Crippen molar-refractivity contribution in [2.24, 2.45) is 7.05 Å². The zero-order valence-electron chi connectivity index (χ0n) is 14.6. The van der Waals surface area contributed by atoms with Gasteiger partial charge in [0, 0.05) is 43.5 Å². The molecule has 2 atom stereocenters. The largest absolute Gasteiger partial charge is 0.334 e.